The van der Waals surface area contributed by atoms with Gasteiger partial charge in [0.2, 0.25) is 0 Å². The third-order valence-electron chi connectivity index (χ3n) is 2.86. The van der Waals surface area contributed by atoms with Crippen LogP contribution in [-0.4, -0.2) is 16.6 Å². The third kappa shape index (κ3) is 3.51. The van der Waals surface area contributed by atoms with Crippen LogP contribution in [0.2, 0.25) is 0 Å². The zero-order valence-corrected chi connectivity index (χ0v) is 11.3. The summed E-state index contributed by atoms with van der Waals surface area (Å²) in [6.07, 6.45) is 0.429. The number of benzene rings is 1. The van der Waals surface area contributed by atoms with Crippen molar-refractivity contribution in [3.8, 4) is 0 Å². The van der Waals surface area contributed by atoms with Crippen LogP contribution in [0, 0.1) is 5.82 Å². The Morgan fingerprint density at radius 3 is 2.76 bits per heavy atom. The largest absolute Gasteiger partial charge is 0.480 e. The molecule has 1 unspecified atom stereocenters. The van der Waals surface area contributed by atoms with E-state index >= 15 is 0 Å². The van der Waals surface area contributed by atoms with Gasteiger partial charge in [0.05, 0.1) is 0 Å². The zero-order chi connectivity index (χ0) is 13.1. The Morgan fingerprint density at radius 1 is 1.59 bits per heavy atom. The fourth-order valence-electron chi connectivity index (χ4n) is 1.32. The van der Waals surface area contributed by atoms with E-state index < -0.39 is 11.5 Å². The number of rotatable bonds is 5. The Bertz CT molecular complexity index is 425. The van der Waals surface area contributed by atoms with Gasteiger partial charge in [-0.2, -0.15) is 0 Å². The molecule has 94 valence electrons. The van der Waals surface area contributed by atoms with Crippen molar-refractivity contribution < 1.29 is 14.3 Å². The van der Waals surface area contributed by atoms with E-state index in [1.807, 2.05) is 0 Å². The summed E-state index contributed by atoms with van der Waals surface area (Å²) in [6.45, 7) is 3.55. The number of aliphatic carboxylic acids is 1. The van der Waals surface area contributed by atoms with Crippen LogP contribution in [0.1, 0.15) is 25.8 Å². The second-order valence-corrected chi connectivity index (χ2v) is 5.00. The summed E-state index contributed by atoms with van der Waals surface area (Å²) in [5, 5.41) is 11.9. The van der Waals surface area contributed by atoms with Gasteiger partial charge in [0.15, 0.2) is 0 Å². The summed E-state index contributed by atoms with van der Waals surface area (Å²) in [7, 11) is 0. The predicted octanol–water partition coefficient (Wildman–Crippen LogP) is 2.93. The molecule has 1 rings (SSSR count). The maximum absolute atomic E-state index is 13.4. The molecule has 0 aliphatic rings. The van der Waals surface area contributed by atoms with Crippen LogP contribution in [0.15, 0.2) is 22.7 Å². The van der Waals surface area contributed by atoms with Gasteiger partial charge in [0, 0.05) is 16.6 Å². The van der Waals surface area contributed by atoms with Crippen LogP contribution >= 0.6 is 15.9 Å². The van der Waals surface area contributed by atoms with Gasteiger partial charge in [-0.3, -0.25) is 10.1 Å². The summed E-state index contributed by atoms with van der Waals surface area (Å²) < 4.78 is 14.2. The van der Waals surface area contributed by atoms with Crippen LogP contribution in [0.25, 0.3) is 0 Å². The van der Waals surface area contributed by atoms with E-state index in [2.05, 4.69) is 21.2 Å². The molecule has 1 aromatic rings. The lowest BCUT2D eigenvalue weighted by Crippen LogP contribution is -2.48. The van der Waals surface area contributed by atoms with Gasteiger partial charge in [-0.05, 0) is 31.5 Å². The molecule has 0 spiro atoms. The number of carboxylic acids is 1. The molecular weight excluding hydrogens is 289 g/mol. The van der Waals surface area contributed by atoms with Crippen molar-refractivity contribution in [1.29, 1.82) is 0 Å². The highest BCUT2D eigenvalue weighted by Gasteiger charge is 2.30. The lowest BCUT2D eigenvalue weighted by atomic mass is 9.99. The van der Waals surface area contributed by atoms with Crippen LogP contribution in [0.3, 0.4) is 0 Å². The van der Waals surface area contributed by atoms with Gasteiger partial charge in [0.1, 0.15) is 11.4 Å². The second kappa shape index (κ2) is 5.60. The highest BCUT2D eigenvalue weighted by molar-refractivity contribution is 9.10. The van der Waals surface area contributed by atoms with Gasteiger partial charge in [-0.25, -0.2) is 4.39 Å². The monoisotopic (exact) mass is 303 g/mol. The van der Waals surface area contributed by atoms with E-state index in [-0.39, 0.29) is 12.4 Å². The zero-order valence-electron chi connectivity index (χ0n) is 9.76. The number of nitrogens with one attached hydrogen (secondary N) is 1. The first kappa shape index (κ1) is 14.1. The first-order valence-corrected chi connectivity index (χ1v) is 6.10. The van der Waals surface area contributed by atoms with E-state index in [9.17, 15) is 9.18 Å². The van der Waals surface area contributed by atoms with Crippen molar-refractivity contribution in [3.63, 3.8) is 0 Å². The average molecular weight is 304 g/mol. The minimum atomic E-state index is -1.03. The van der Waals surface area contributed by atoms with E-state index in [0.717, 1.165) is 4.47 Å². The maximum Gasteiger partial charge on any atom is 0.323 e. The van der Waals surface area contributed by atoms with Gasteiger partial charge in [0.25, 0.3) is 0 Å². The molecule has 0 heterocycles. The van der Waals surface area contributed by atoms with Crippen LogP contribution < -0.4 is 5.32 Å². The Labute approximate surface area is 108 Å². The van der Waals surface area contributed by atoms with Crippen molar-refractivity contribution >= 4 is 21.9 Å². The van der Waals surface area contributed by atoms with Crippen LogP contribution in [-0.2, 0) is 11.3 Å². The molecule has 3 nitrogen and oxygen atoms in total. The maximum atomic E-state index is 13.4. The smallest absolute Gasteiger partial charge is 0.323 e. The topological polar surface area (TPSA) is 49.3 Å². The molecule has 0 radical (unpaired) electrons. The molecule has 1 aromatic carbocycles. The quantitative estimate of drug-likeness (QED) is 0.879. The van der Waals surface area contributed by atoms with Crippen molar-refractivity contribution in [3.05, 3.63) is 34.1 Å². The molecule has 0 fully saturated rings. The summed E-state index contributed by atoms with van der Waals surface area (Å²) in [5.74, 6) is -1.28. The molecule has 2 N–H and O–H groups in total. The Kier molecular flexibility index (Phi) is 4.65. The van der Waals surface area contributed by atoms with Crippen molar-refractivity contribution in [2.24, 2.45) is 0 Å². The second-order valence-electron chi connectivity index (χ2n) is 4.08. The summed E-state index contributed by atoms with van der Waals surface area (Å²) in [6, 6.07) is 4.60. The molecule has 0 aromatic heterocycles. The molecule has 17 heavy (non-hydrogen) atoms. The molecule has 0 saturated carbocycles. The van der Waals surface area contributed by atoms with Crippen molar-refractivity contribution in [2.75, 3.05) is 0 Å². The van der Waals surface area contributed by atoms with E-state index in [4.69, 9.17) is 5.11 Å². The van der Waals surface area contributed by atoms with Gasteiger partial charge in [-0.1, -0.05) is 22.9 Å². The van der Waals surface area contributed by atoms with Gasteiger partial charge in [-0.15, -0.1) is 0 Å². The minimum absolute atomic E-state index is 0.182. The normalized spacial score (nSPS) is 14.4. The van der Waals surface area contributed by atoms with Crippen molar-refractivity contribution in [1.82, 2.24) is 5.32 Å². The first-order chi connectivity index (χ1) is 7.89. The number of halogens is 2. The molecular formula is C12H15BrFNO2. The Morgan fingerprint density at radius 2 is 2.24 bits per heavy atom. The lowest BCUT2D eigenvalue weighted by molar-refractivity contribution is -0.144. The number of carboxylic acid groups (broad SMARTS) is 1. The molecule has 0 amide bonds. The molecule has 1 atom stereocenters. The van der Waals surface area contributed by atoms with E-state index in [1.54, 1.807) is 26.0 Å². The van der Waals surface area contributed by atoms with Crippen LogP contribution in [0.5, 0.6) is 0 Å². The van der Waals surface area contributed by atoms with Gasteiger partial charge < -0.3 is 5.11 Å². The fourth-order valence-corrected chi connectivity index (χ4v) is 1.73. The van der Waals surface area contributed by atoms with Crippen LogP contribution in [0.4, 0.5) is 4.39 Å². The lowest BCUT2D eigenvalue weighted by Gasteiger charge is -2.24. The molecule has 0 bridgehead atoms. The van der Waals surface area contributed by atoms with E-state index in [0.29, 0.717) is 12.0 Å². The fraction of sp³-hybridized carbons (Fsp3) is 0.417. The predicted molar refractivity (Wildman–Crippen MR) is 67.3 cm³/mol. The molecule has 5 heteroatoms. The summed E-state index contributed by atoms with van der Waals surface area (Å²) >= 11 is 3.25. The van der Waals surface area contributed by atoms with Crippen molar-refractivity contribution in [2.45, 2.75) is 32.4 Å². The SMILES string of the molecule is CCC(C)(NCc1cc(Br)ccc1F)C(=O)O. The molecule has 0 aliphatic heterocycles. The molecule has 0 aliphatic carbocycles. The summed E-state index contributed by atoms with van der Waals surface area (Å²) in [4.78, 5) is 11.1. The summed E-state index contributed by atoms with van der Waals surface area (Å²) in [5.41, 5.74) is -0.588. The number of hydrogen-bond donors (Lipinski definition) is 2. The Hall–Kier alpha value is -0.940. The molecule has 0 saturated heterocycles. The number of hydrogen-bond acceptors (Lipinski definition) is 2. The van der Waals surface area contributed by atoms with Gasteiger partial charge >= 0.3 is 5.97 Å². The standard InChI is InChI=1S/C12H15BrFNO2/c1-3-12(2,11(16)17)15-7-8-6-9(13)4-5-10(8)14/h4-6,15H,3,7H2,1-2H3,(H,16,17). The Balaban J connectivity index is 2.79. The highest BCUT2D eigenvalue weighted by atomic mass is 79.9. The minimum Gasteiger partial charge on any atom is -0.480 e. The third-order valence-corrected chi connectivity index (χ3v) is 3.35. The van der Waals surface area contributed by atoms with E-state index in [1.165, 1.54) is 6.07 Å². The highest BCUT2D eigenvalue weighted by Crippen LogP contribution is 2.17. The average Bonchev–Trinajstić information content (AvgIpc) is 2.29. The first-order valence-electron chi connectivity index (χ1n) is 5.31. The number of carbonyl (C=O) groups is 1.